The summed E-state index contributed by atoms with van der Waals surface area (Å²) in [6.07, 6.45) is 8.44. The molecule has 0 bridgehead atoms. The van der Waals surface area contributed by atoms with E-state index in [1.807, 2.05) is 91.2 Å². The van der Waals surface area contributed by atoms with Crippen molar-refractivity contribution in [3.8, 4) is 21.8 Å². The van der Waals surface area contributed by atoms with Crippen LogP contribution in [0.25, 0.3) is 27.5 Å². The molecule has 1 unspecified atom stereocenters. The SMILES string of the molecule is Cc1ncsc1-c1ccc(CCC(=O)[C@@H]2C[C@@H](O)CC2C(=O)[C@@H](CC(=O)CCCCCCC(=O)N2CCN(c3cccc(-c4cnc5ccc(N6CCC[C@@H]6c6cccc(F)c6)nn45)n3)CC2)C(C)(C)C)cc1. The molecule has 0 radical (unpaired) electrons. The number of imidazole rings is 1. The predicted molar refractivity (Wildman–Crippen MR) is 284 cm³/mol. The van der Waals surface area contributed by atoms with E-state index in [4.69, 9.17) is 10.1 Å². The molecular weight excluding hydrogens is 940 g/mol. The molecule has 73 heavy (non-hydrogen) atoms. The summed E-state index contributed by atoms with van der Waals surface area (Å²) in [4.78, 5) is 76.2. The molecule has 6 aromatic rings. The molecule has 2 aromatic carbocycles. The second-order valence-electron chi connectivity index (χ2n) is 21.5. The maximum absolute atomic E-state index is 14.3. The smallest absolute Gasteiger partial charge is 0.222 e. The van der Waals surface area contributed by atoms with Crippen LogP contribution in [0.5, 0.6) is 0 Å². The van der Waals surface area contributed by atoms with Crippen LogP contribution in [0.1, 0.15) is 121 Å². The Morgan fingerprint density at radius 2 is 1.58 bits per heavy atom. The number of aromatic nitrogens is 5. The van der Waals surface area contributed by atoms with E-state index in [2.05, 4.69) is 31.9 Å². The molecule has 13 nitrogen and oxygen atoms in total. The van der Waals surface area contributed by atoms with Gasteiger partial charge < -0.3 is 19.8 Å². The van der Waals surface area contributed by atoms with Gasteiger partial charge in [0.25, 0.3) is 0 Å². The Morgan fingerprint density at radius 3 is 2.32 bits per heavy atom. The number of anilines is 2. The van der Waals surface area contributed by atoms with Crippen molar-refractivity contribution in [3.05, 3.63) is 113 Å². The largest absolute Gasteiger partial charge is 0.393 e. The summed E-state index contributed by atoms with van der Waals surface area (Å²) in [5, 5.41) is 15.7. The van der Waals surface area contributed by atoms with E-state index < -0.39 is 29.3 Å². The van der Waals surface area contributed by atoms with E-state index in [1.165, 1.54) is 6.07 Å². The first-order chi connectivity index (χ1) is 35.2. The fraction of sp³-hybridized carbons (Fsp3) is 0.483. The molecule has 1 saturated carbocycles. The quantitative estimate of drug-likeness (QED) is 0.0727. The second kappa shape index (κ2) is 22.9. The van der Waals surface area contributed by atoms with Crippen molar-refractivity contribution in [1.29, 1.82) is 0 Å². The normalized spacial score (nSPS) is 19.7. The van der Waals surface area contributed by atoms with Crippen LogP contribution in [0.4, 0.5) is 16.0 Å². The molecule has 0 spiro atoms. The molecule has 15 heteroatoms. The third-order valence-corrected chi connectivity index (χ3v) is 16.4. The number of piperazine rings is 1. The predicted octanol–water partition coefficient (Wildman–Crippen LogP) is 10.5. The van der Waals surface area contributed by atoms with Crippen molar-refractivity contribution in [2.45, 2.75) is 123 Å². The summed E-state index contributed by atoms with van der Waals surface area (Å²) in [7, 11) is 0. The Balaban J connectivity index is 0.701. The zero-order valence-electron chi connectivity index (χ0n) is 42.7. The fourth-order valence-electron chi connectivity index (χ4n) is 11.3. The number of halogens is 1. The number of pyridine rings is 1. The van der Waals surface area contributed by atoms with Crippen LogP contribution in [-0.2, 0) is 25.6 Å². The van der Waals surface area contributed by atoms with Gasteiger partial charge in [-0.3, -0.25) is 19.2 Å². The summed E-state index contributed by atoms with van der Waals surface area (Å²) < 4.78 is 16.0. The average molecular weight is 1010 g/mol. The van der Waals surface area contributed by atoms with Gasteiger partial charge in [-0.05, 0) is 110 Å². The number of benzene rings is 2. The van der Waals surface area contributed by atoms with Gasteiger partial charge in [0.1, 0.15) is 40.5 Å². The number of thiazole rings is 1. The highest BCUT2D eigenvalue weighted by atomic mass is 32.1. The molecule has 1 aliphatic carbocycles. The van der Waals surface area contributed by atoms with Crippen molar-refractivity contribution in [3.63, 3.8) is 0 Å². The number of nitrogens with zero attached hydrogens (tertiary/aromatic N) is 8. The summed E-state index contributed by atoms with van der Waals surface area (Å²) in [6, 6.07) is 25.0. The standard InChI is InChI=1S/C58H69FN8O5S/c1-38-57(73-37-61-38)40-22-19-39(20-23-40)21-24-51(70)45-33-44(69)34-46(45)56(72)47(58(2,3)4)35-43(68)14-7-5-6-8-18-55(71)65-30-28-64(29-31-65)53-17-10-15-48(62-53)50-36-60-52-25-26-54(63-67(50)52)66-27-11-16-49(66)41-12-9-13-42(59)32-41/h9-10,12-13,15,17,19-20,22-23,25-26,32,36-37,44-47,49,69H,5-8,11,14,16,18,21,24,27-31,33-35H2,1-4H3/t44-,45-,46?,47-,49-/m1/s1. The number of carbonyl (C=O) groups excluding carboxylic acids is 4. The van der Waals surface area contributed by atoms with E-state index in [9.17, 15) is 28.7 Å². The van der Waals surface area contributed by atoms with Crippen molar-refractivity contribution in [2.24, 2.45) is 23.2 Å². The Labute approximate surface area is 432 Å². The first-order valence-corrected chi connectivity index (χ1v) is 27.2. The van der Waals surface area contributed by atoms with Crippen LogP contribution in [0.2, 0.25) is 0 Å². The number of hydrogen-bond donors (Lipinski definition) is 1. The highest BCUT2D eigenvalue weighted by Gasteiger charge is 2.46. The van der Waals surface area contributed by atoms with Crippen molar-refractivity contribution >= 4 is 51.9 Å². The topological polar surface area (TPSA) is 154 Å². The molecule has 9 rings (SSSR count). The number of aliphatic hydroxyl groups excluding tert-OH is 1. The minimum Gasteiger partial charge on any atom is -0.393 e. The minimum atomic E-state index is -0.714. The highest BCUT2D eigenvalue weighted by Crippen LogP contribution is 2.42. The lowest BCUT2D eigenvalue weighted by atomic mass is 9.70. The summed E-state index contributed by atoms with van der Waals surface area (Å²) in [6.45, 7) is 11.3. The number of Topliss-reactive ketones (excluding diaryl/α,β-unsaturated/α-hetero) is 3. The number of amides is 1. The van der Waals surface area contributed by atoms with Gasteiger partial charge in [-0.2, -0.15) is 0 Å². The second-order valence-corrected chi connectivity index (χ2v) is 22.4. The lowest BCUT2D eigenvalue weighted by Crippen LogP contribution is -2.49. The lowest BCUT2D eigenvalue weighted by Gasteiger charge is -2.35. The molecule has 3 aliphatic rings. The molecular formula is C58H69FN8O5S. The number of aliphatic hydroxyl groups is 1. The van der Waals surface area contributed by atoms with Crippen molar-refractivity contribution in [2.75, 3.05) is 42.5 Å². The van der Waals surface area contributed by atoms with Gasteiger partial charge in [-0.25, -0.2) is 23.9 Å². The van der Waals surface area contributed by atoms with Gasteiger partial charge in [-0.15, -0.1) is 16.4 Å². The summed E-state index contributed by atoms with van der Waals surface area (Å²) in [5.74, 6) is -0.171. The zero-order valence-corrected chi connectivity index (χ0v) is 43.5. The Hall–Kier alpha value is -6.19. The highest BCUT2D eigenvalue weighted by molar-refractivity contribution is 7.13. The van der Waals surface area contributed by atoms with Gasteiger partial charge in [0.05, 0.1) is 40.1 Å². The lowest BCUT2D eigenvalue weighted by molar-refractivity contribution is -0.138. The number of fused-ring (bicyclic) bond motifs is 1. The fourth-order valence-corrected chi connectivity index (χ4v) is 12.1. The number of unbranched alkanes of at least 4 members (excludes halogenated alkanes) is 3. The summed E-state index contributed by atoms with van der Waals surface area (Å²) in [5.41, 5.74) is 7.68. The third-order valence-electron chi connectivity index (χ3n) is 15.4. The molecule has 2 aliphatic heterocycles. The maximum atomic E-state index is 14.3. The van der Waals surface area contributed by atoms with Crippen LogP contribution in [0.3, 0.4) is 0 Å². The minimum absolute atomic E-state index is 0.00162. The molecule has 1 N–H and O–H groups in total. The van der Waals surface area contributed by atoms with E-state index in [1.54, 1.807) is 29.7 Å². The van der Waals surface area contributed by atoms with Gasteiger partial charge in [0.15, 0.2) is 5.65 Å². The van der Waals surface area contributed by atoms with Crippen LogP contribution in [0, 0.1) is 35.9 Å². The molecule has 6 heterocycles. The van der Waals surface area contributed by atoms with Gasteiger partial charge >= 0.3 is 0 Å². The molecule has 3 fully saturated rings. The van der Waals surface area contributed by atoms with Crippen LogP contribution >= 0.6 is 11.3 Å². The van der Waals surface area contributed by atoms with Gasteiger partial charge in [0.2, 0.25) is 5.91 Å². The number of hydrogen-bond acceptors (Lipinski definition) is 12. The first-order valence-electron chi connectivity index (χ1n) is 26.3. The molecule has 384 valence electrons. The van der Waals surface area contributed by atoms with E-state index in [0.717, 1.165) is 88.9 Å². The monoisotopic (exact) mass is 1010 g/mol. The van der Waals surface area contributed by atoms with Crippen molar-refractivity contribution in [1.82, 2.24) is 29.5 Å². The molecule has 4 aromatic heterocycles. The van der Waals surface area contributed by atoms with Crippen LogP contribution in [0.15, 0.2) is 90.6 Å². The summed E-state index contributed by atoms with van der Waals surface area (Å²) >= 11 is 1.60. The Bertz CT molecular complexity index is 2900. The molecule has 1 amide bonds. The Kier molecular flexibility index (Phi) is 16.2. The number of carbonyl (C=O) groups is 4. The number of ketones is 3. The zero-order chi connectivity index (χ0) is 51.2. The van der Waals surface area contributed by atoms with Crippen molar-refractivity contribution < 1.29 is 28.7 Å². The number of aryl methyl sites for hydroxylation is 2. The molecule has 5 atom stereocenters. The number of rotatable bonds is 20. The van der Waals surface area contributed by atoms with Gasteiger partial charge in [0, 0.05) is 76.2 Å². The van der Waals surface area contributed by atoms with E-state index >= 15 is 0 Å². The first kappa shape index (κ1) is 51.7. The van der Waals surface area contributed by atoms with Gasteiger partial charge in [-0.1, -0.05) is 76.1 Å². The van der Waals surface area contributed by atoms with E-state index in [0.29, 0.717) is 63.9 Å². The van der Waals surface area contributed by atoms with Crippen LogP contribution < -0.4 is 9.80 Å². The average Bonchev–Trinajstić information content (AvgIpc) is 4.23. The van der Waals surface area contributed by atoms with Crippen LogP contribution in [-0.4, -0.2) is 96.7 Å². The van der Waals surface area contributed by atoms with E-state index in [-0.39, 0.29) is 54.4 Å². The maximum Gasteiger partial charge on any atom is 0.222 e. The third kappa shape index (κ3) is 12.3. The molecule has 2 saturated heterocycles. The Morgan fingerprint density at radius 1 is 0.822 bits per heavy atom.